The third-order valence-electron chi connectivity index (χ3n) is 3.76. The lowest BCUT2D eigenvalue weighted by molar-refractivity contribution is 0.280. The molecule has 0 saturated carbocycles. The molecule has 3 aromatic rings. The first-order chi connectivity index (χ1) is 13.8. The highest BCUT2D eigenvalue weighted by Gasteiger charge is 2.26. The number of nitrogens with one attached hydrogen (secondary N) is 1. The number of rotatable bonds is 7. The summed E-state index contributed by atoms with van der Waals surface area (Å²) in [6.07, 6.45) is 2.08. The number of sulfonamides is 1. The zero-order chi connectivity index (χ0) is 21.0. The van der Waals surface area contributed by atoms with Crippen LogP contribution >= 0.6 is 11.6 Å². The molecule has 2 aromatic heterocycles. The summed E-state index contributed by atoms with van der Waals surface area (Å²) in [5, 5.41) is -0.331. The van der Waals surface area contributed by atoms with Crippen molar-refractivity contribution in [1.29, 1.82) is 0 Å². The average Bonchev–Trinajstić information content (AvgIpc) is 2.69. The second-order valence-electron chi connectivity index (χ2n) is 5.86. The minimum Gasteiger partial charge on any atom is -0.495 e. The molecular weight excluding hydrogens is 423 g/mol. The standard InChI is InChI=1S/C18H16ClFN4O4S/c1-11-3-5-12(6-4-11)10-28-18-22-9-13(20)17(23-18)24-29(25,26)15-14(27-2)7-8-21-16(15)19/h3-9H,10H2,1-2H3,(H,22,23,24). The van der Waals surface area contributed by atoms with Crippen LogP contribution in [0.25, 0.3) is 0 Å². The van der Waals surface area contributed by atoms with Crippen molar-refractivity contribution in [1.82, 2.24) is 15.0 Å². The number of benzene rings is 1. The van der Waals surface area contributed by atoms with E-state index in [2.05, 4.69) is 15.0 Å². The summed E-state index contributed by atoms with van der Waals surface area (Å²) in [7, 11) is -3.08. The molecule has 0 atom stereocenters. The summed E-state index contributed by atoms with van der Waals surface area (Å²) in [5.74, 6) is -1.64. The molecule has 0 radical (unpaired) electrons. The summed E-state index contributed by atoms with van der Waals surface area (Å²) >= 11 is 5.90. The minimum atomic E-state index is -4.35. The highest BCUT2D eigenvalue weighted by molar-refractivity contribution is 7.93. The number of aromatic nitrogens is 3. The molecule has 2 heterocycles. The maximum absolute atomic E-state index is 14.1. The number of anilines is 1. The number of ether oxygens (including phenoxy) is 2. The highest BCUT2D eigenvalue weighted by atomic mass is 35.5. The van der Waals surface area contributed by atoms with Gasteiger partial charge in [0.25, 0.3) is 10.0 Å². The fourth-order valence-corrected chi connectivity index (χ4v) is 3.96. The van der Waals surface area contributed by atoms with E-state index in [-0.39, 0.29) is 23.5 Å². The molecule has 0 bridgehead atoms. The Morgan fingerprint density at radius 2 is 1.90 bits per heavy atom. The van der Waals surface area contributed by atoms with Crippen molar-refractivity contribution in [2.24, 2.45) is 0 Å². The SMILES string of the molecule is COc1ccnc(Cl)c1S(=O)(=O)Nc1nc(OCc2ccc(C)cc2)ncc1F. The number of hydrogen-bond donors (Lipinski definition) is 1. The van der Waals surface area contributed by atoms with Crippen LogP contribution in [0.5, 0.6) is 11.8 Å². The number of methoxy groups -OCH3 is 1. The second kappa shape index (κ2) is 8.58. The molecule has 8 nitrogen and oxygen atoms in total. The zero-order valence-electron chi connectivity index (χ0n) is 15.4. The maximum atomic E-state index is 14.1. The van der Waals surface area contributed by atoms with Gasteiger partial charge < -0.3 is 9.47 Å². The van der Waals surface area contributed by atoms with Gasteiger partial charge in [0.2, 0.25) is 0 Å². The number of nitrogens with zero attached hydrogens (tertiary/aromatic N) is 3. The van der Waals surface area contributed by atoms with Gasteiger partial charge in [-0.25, -0.2) is 22.8 Å². The normalized spacial score (nSPS) is 11.2. The summed E-state index contributed by atoms with van der Waals surface area (Å²) in [6, 6.07) is 8.66. The lowest BCUT2D eigenvalue weighted by Gasteiger charge is -2.12. The van der Waals surface area contributed by atoms with Gasteiger partial charge in [-0.3, -0.25) is 4.72 Å². The van der Waals surface area contributed by atoms with E-state index >= 15 is 0 Å². The van der Waals surface area contributed by atoms with Crippen LogP contribution in [0.15, 0.2) is 47.6 Å². The van der Waals surface area contributed by atoms with Crippen molar-refractivity contribution in [3.8, 4) is 11.8 Å². The Morgan fingerprint density at radius 3 is 2.59 bits per heavy atom. The van der Waals surface area contributed by atoms with Crippen LogP contribution < -0.4 is 14.2 Å². The molecule has 11 heteroatoms. The first-order valence-corrected chi connectivity index (χ1v) is 10.1. The van der Waals surface area contributed by atoms with Crippen LogP contribution in [0, 0.1) is 12.7 Å². The molecule has 1 aromatic carbocycles. The summed E-state index contributed by atoms with van der Waals surface area (Å²) in [4.78, 5) is 10.8. The smallest absolute Gasteiger partial charge is 0.318 e. The molecule has 0 saturated heterocycles. The first-order valence-electron chi connectivity index (χ1n) is 8.22. The minimum absolute atomic E-state index is 0.0530. The molecule has 0 amide bonds. The molecule has 0 spiro atoms. The van der Waals surface area contributed by atoms with E-state index in [1.807, 2.05) is 35.9 Å². The number of aryl methyl sites for hydroxylation is 1. The molecule has 152 valence electrons. The van der Waals surface area contributed by atoms with Crippen molar-refractivity contribution >= 4 is 27.4 Å². The van der Waals surface area contributed by atoms with Gasteiger partial charge in [-0.1, -0.05) is 41.4 Å². The Bertz CT molecular complexity index is 1130. The molecule has 0 fully saturated rings. The molecule has 0 aliphatic heterocycles. The van der Waals surface area contributed by atoms with E-state index in [1.165, 1.54) is 19.4 Å². The zero-order valence-corrected chi connectivity index (χ0v) is 17.0. The Hall–Kier alpha value is -2.98. The molecule has 0 unspecified atom stereocenters. The summed E-state index contributed by atoms with van der Waals surface area (Å²) < 4.78 is 52.0. The lowest BCUT2D eigenvalue weighted by atomic mass is 10.2. The topological polar surface area (TPSA) is 103 Å². The van der Waals surface area contributed by atoms with Crippen LogP contribution in [0.1, 0.15) is 11.1 Å². The lowest BCUT2D eigenvalue weighted by Crippen LogP contribution is -2.17. The third kappa shape index (κ3) is 4.90. The van der Waals surface area contributed by atoms with E-state index in [4.69, 9.17) is 21.1 Å². The van der Waals surface area contributed by atoms with Crippen molar-refractivity contribution < 1.29 is 22.3 Å². The van der Waals surface area contributed by atoms with Crippen molar-refractivity contribution in [3.05, 3.63) is 64.8 Å². The monoisotopic (exact) mass is 438 g/mol. The molecular formula is C18H16ClFN4O4S. The predicted molar refractivity (Wildman–Crippen MR) is 104 cm³/mol. The molecule has 3 rings (SSSR count). The van der Waals surface area contributed by atoms with Gasteiger partial charge >= 0.3 is 6.01 Å². The summed E-state index contributed by atoms with van der Waals surface area (Å²) in [6.45, 7) is 2.08. The van der Waals surface area contributed by atoms with Crippen LogP contribution in [-0.2, 0) is 16.6 Å². The predicted octanol–water partition coefficient (Wildman–Crippen LogP) is 3.36. The molecule has 0 aliphatic rings. The van der Waals surface area contributed by atoms with E-state index in [9.17, 15) is 12.8 Å². The van der Waals surface area contributed by atoms with Crippen LogP contribution in [0.2, 0.25) is 5.15 Å². The highest BCUT2D eigenvalue weighted by Crippen LogP contribution is 2.31. The van der Waals surface area contributed by atoms with Gasteiger partial charge in [0.1, 0.15) is 12.4 Å². The van der Waals surface area contributed by atoms with Gasteiger partial charge in [-0.15, -0.1) is 0 Å². The second-order valence-corrected chi connectivity index (χ2v) is 7.84. The van der Waals surface area contributed by atoms with Crippen molar-refractivity contribution in [2.45, 2.75) is 18.4 Å². The van der Waals surface area contributed by atoms with E-state index in [1.54, 1.807) is 0 Å². The molecule has 29 heavy (non-hydrogen) atoms. The Kier molecular flexibility index (Phi) is 6.14. The fraction of sp³-hybridized carbons (Fsp3) is 0.167. The van der Waals surface area contributed by atoms with Gasteiger partial charge in [-0.2, -0.15) is 4.98 Å². The third-order valence-corrected chi connectivity index (χ3v) is 5.55. The van der Waals surface area contributed by atoms with Gasteiger partial charge in [0.05, 0.1) is 13.3 Å². The number of hydrogen-bond acceptors (Lipinski definition) is 7. The maximum Gasteiger partial charge on any atom is 0.318 e. The number of halogens is 2. The fourth-order valence-electron chi connectivity index (χ4n) is 2.31. The van der Waals surface area contributed by atoms with Crippen molar-refractivity contribution in [3.63, 3.8) is 0 Å². The van der Waals surface area contributed by atoms with Crippen LogP contribution in [0.4, 0.5) is 10.2 Å². The first kappa shape index (κ1) is 20.7. The number of pyridine rings is 1. The summed E-state index contributed by atoms with van der Waals surface area (Å²) in [5.41, 5.74) is 1.94. The average molecular weight is 439 g/mol. The van der Waals surface area contributed by atoms with Gasteiger partial charge in [0, 0.05) is 6.20 Å². The Morgan fingerprint density at radius 1 is 1.17 bits per heavy atom. The Balaban J connectivity index is 1.84. The van der Waals surface area contributed by atoms with Gasteiger partial charge in [0.15, 0.2) is 21.7 Å². The van der Waals surface area contributed by atoms with Crippen LogP contribution in [-0.4, -0.2) is 30.5 Å². The van der Waals surface area contributed by atoms with E-state index < -0.39 is 26.6 Å². The molecule has 0 aliphatic carbocycles. The quantitative estimate of drug-likeness (QED) is 0.564. The van der Waals surface area contributed by atoms with Gasteiger partial charge in [-0.05, 0) is 18.6 Å². The largest absolute Gasteiger partial charge is 0.495 e. The Labute approximate surface area is 171 Å². The van der Waals surface area contributed by atoms with Crippen LogP contribution in [0.3, 0.4) is 0 Å². The van der Waals surface area contributed by atoms with E-state index in [0.717, 1.165) is 17.3 Å². The van der Waals surface area contributed by atoms with Crippen molar-refractivity contribution in [2.75, 3.05) is 11.8 Å². The van der Waals surface area contributed by atoms with E-state index in [0.29, 0.717) is 0 Å². The molecule has 1 N–H and O–H groups in total.